The van der Waals surface area contributed by atoms with Gasteiger partial charge in [-0.1, -0.05) is 29.8 Å². The lowest BCUT2D eigenvalue weighted by atomic mass is 10.0. The van der Waals surface area contributed by atoms with Crippen molar-refractivity contribution in [2.24, 2.45) is 0 Å². The molecule has 3 nitrogen and oxygen atoms in total. The molecule has 1 unspecified atom stereocenters. The lowest BCUT2D eigenvalue weighted by Crippen LogP contribution is -2.48. The first kappa shape index (κ1) is 10.2. The van der Waals surface area contributed by atoms with E-state index in [0.717, 1.165) is 18.7 Å². The van der Waals surface area contributed by atoms with Crippen molar-refractivity contribution in [1.29, 1.82) is 0 Å². The SMILES string of the molecule is Cc1cccc(C2NCCN(C)C2=O)c1. The van der Waals surface area contributed by atoms with Crippen molar-refractivity contribution in [3.05, 3.63) is 35.4 Å². The first-order valence-corrected chi connectivity index (χ1v) is 5.23. The van der Waals surface area contributed by atoms with Gasteiger partial charge in [0.05, 0.1) is 0 Å². The van der Waals surface area contributed by atoms with Crippen molar-refractivity contribution < 1.29 is 4.79 Å². The molecule has 0 radical (unpaired) electrons. The van der Waals surface area contributed by atoms with E-state index in [1.807, 2.05) is 32.2 Å². The van der Waals surface area contributed by atoms with Gasteiger partial charge < -0.3 is 10.2 Å². The Morgan fingerprint density at radius 2 is 2.27 bits per heavy atom. The number of rotatable bonds is 1. The second kappa shape index (κ2) is 4.03. The average Bonchev–Trinajstić information content (AvgIpc) is 2.22. The van der Waals surface area contributed by atoms with Gasteiger partial charge in [0.2, 0.25) is 5.91 Å². The van der Waals surface area contributed by atoms with Gasteiger partial charge in [-0.05, 0) is 12.5 Å². The minimum absolute atomic E-state index is 0.159. The molecule has 1 saturated heterocycles. The molecule has 1 heterocycles. The van der Waals surface area contributed by atoms with Gasteiger partial charge >= 0.3 is 0 Å². The third-order valence-electron chi connectivity index (χ3n) is 2.79. The molecule has 1 atom stereocenters. The minimum Gasteiger partial charge on any atom is -0.343 e. The Labute approximate surface area is 90.1 Å². The molecule has 0 saturated carbocycles. The molecule has 0 spiro atoms. The molecule has 1 aliphatic heterocycles. The molecule has 1 amide bonds. The van der Waals surface area contributed by atoms with Crippen molar-refractivity contribution >= 4 is 5.91 Å². The molecule has 3 heteroatoms. The highest BCUT2D eigenvalue weighted by Crippen LogP contribution is 2.18. The molecular formula is C12H16N2O. The van der Waals surface area contributed by atoms with Crippen LogP contribution in [0.3, 0.4) is 0 Å². The van der Waals surface area contributed by atoms with Gasteiger partial charge in [-0.25, -0.2) is 0 Å². The van der Waals surface area contributed by atoms with E-state index in [4.69, 9.17) is 0 Å². The fourth-order valence-electron chi connectivity index (χ4n) is 1.90. The number of piperazine rings is 1. The summed E-state index contributed by atoms with van der Waals surface area (Å²) >= 11 is 0. The second-order valence-corrected chi connectivity index (χ2v) is 4.06. The predicted octanol–water partition coefficient (Wildman–Crippen LogP) is 1.10. The summed E-state index contributed by atoms with van der Waals surface area (Å²) in [7, 11) is 1.85. The standard InChI is InChI=1S/C12H16N2O/c1-9-4-3-5-10(8-9)11-12(15)14(2)7-6-13-11/h3-5,8,11,13H,6-7H2,1-2H3. The Kier molecular flexibility index (Phi) is 2.73. The predicted molar refractivity (Wildman–Crippen MR) is 59.6 cm³/mol. The largest absolute Gasteiger partial charge is 0.343 e. The van der Waals surface area contributed by atoms with Crippen molar-refractivity contribution in [2.75, 3.05) is 20.1 Å². The zero-order chi connectivity index (χ0) is 10.8. The molecule has 15 heavy (non-hydrogen) atoms. The Bertz CT molecular complexity index is 376. The number of likely N-dealkylation sites (N-methyl/N-ethyl adjacent to an activating group) is 1. The molecule has 0 bridgehead atoms. The quantitative estimate of drug-likeness (QED) is 0.743. The summed E-state index contributed by atoms with van der Waals surface area (Å²) in [6.07, 6.45) is 0. The third kappa shape index (κ3) is 2.02. The molecule has 1 aliphatic rings. The topological polar surface area (TPSA) is 32.3 Å². The van der Waals surface area contributed by atoms with Crippen LogP contribution in [-0.2, 0) is 4.79 Å². The number of carbonyl (C=O) groups is 1. The third-order valence-corrected chi connectivity index (χ3v) is 2.79. The van der Waals surface area contributed by atoms with Crippen LogP contribution in [0.25, 0.3) is 0 Å². The van der Waals surface area contributed by atoms with E-state index < -0.39 is 0 Å². The van der Waals surface area contributed by atoms with Gasteiger partial charge in [0.25, 0.3) is 0 Å². The van der Waals surface area contributed by atoms with E-state index >= 15 is 0 Å². The lowest BCUT2D eigenvalue weighted by Gasteiger charge is -2.30. The Hall–Kier alpha value is -1.35. The number of amides is 1. The van der Waals surface area contributed by atoms with Crippen LogP contribution >= 0.6 is 0 Å². The highest BCUT2D eigenvalue weighted by atomic mass is 16.2. The molecule has 2 rings (SSSR count). The smallest absolute Gasteiger partial charge is 0.244 e. The van der Waals surface area contributed by atoms with Crippen molar-refractivity contribution in [3.8, 4) is 0 Å². The maximum Gasteiger partial charge on any atom is 0.244 e. The fraction of sp³-hybridized carbons (Fsp3) is 0.417. The monoisotopic (exact) mass is 204 g/mol. The van der Waals surface area contributed by atoms with E-state index in [1.165, 1.54) is 5.56 Å². The zero-order valence-corrected chi connectivity index (χ0v) is 9.16. The minimum atomic E-state index is -0.163. The molecule has 1 N–H and O–H groups in total. The van der Waals surface area contributed by atoms with E-state index in [0.29, 0.717) is 0 Å². The number of benzene rings is 1. The summed E-state index contributed by atoms with van der Waals surface area (Å²) in [5, 5.41) is 3.25. The van der Waals surface area contributed by atoms with Crippen LogP contribution in [0.5, 0.6) is 0 Å². The molecule has 80 valence electrons. The van der Waals surface area contributed by atoms with Crippen LogP contribution < -0.4 is 5.32 Å². The maximum absolute atomic E-state index is 11.9. The Morgan fingerprint density at radius 3 is 3.00 bits per heavy atom. The molecule has 1 fully saturated rings. The van der Waals surface area contributed by atoms with Crippen LogP contribution in [0.4, 0.5) is 0 Å². The Balaban J connectivity index is 2.26. The normalized spacial score (nSPS) is 21.9. The van der Waals surface area contributed by atoms with Crippen LogP contribution in [0.1, 0.15) is 17.2 Å². The molecule has 1 aromatic rings. The lowest BCUT2D eigenvalue weighted by molar-refractivity contribution is -0.134. The number of hydrogen-bond donors (Lipinski definition) is 1. The highest BCUT2D eigenvalue weighted by molar-refractivity contribution is 5.83. The summed E-state index contributed by atoms with van der Waals surface area (Å²) in [6.45, 7) is 3.70. The number of hydrogen-bond acceptors (Lipinski definition) is 2. The van der Waals surface area contributed by atoms with Gasteiger partial charge in [0.15, 0.2) is 0 Å². The first-order valence-electron chi connectivity index (χ1n) is 5.23. The van der Waals surface area contributed by atoms with Crippen molar-refractivity contribution in [2.45, 2.75) is 13.0 Å². The van der Waals surface area contributed by atoms with E-state index in [1.54, 1.807) is 4.90 Å². The Morgan fingerprint density at radius 1 is 1.47 bits per heavy atom. The van der Waals surface area contributed by atoms with Crippen LogP contribution in [0, 0.1) is 6.92 Å². The summed E-state index contributed by atoms with van der Waals surface area (Å²) in [5.74, 6) is 0.159. The molecule has 0 aromatic heterocycles. The highest BCUT2D eigenvalue weighted by Gasteiger charge is 2.26. The summed E-state index contributed by atoms with van der Waals surface area (Å²) in [6, 6.07) is 7.94. The summed E-state index contributed by atoms with van der Waals surface area (Å²) in [5.41, 5.74) is 2.25. The number of carbonyl (C=O) groups excluding carboxylic acids is 1. The van der Waals surface area contributed by atoms with Gasteiger partial charge in [-0.3, -0.25) is 4.79 Å². The van der Waals surface area contributed by atoms with E-state index in [9.17, 15) is 4.79 Å². The fourth-order valence-corrected chi connectivity index (χ4v) is 1.90. The molecular weight excluding hydrogens is 188 g/mol. The second-order valence-electron chi connectivity index (χ2n) is 4.06. The summed E-state index contributed by atoms with van der Waals surface area (Å²) in [4.78, 5) is 13.7. The number of nitrogens with one attached hydrogen (secondary N) is 1. The average molecular weight is 204 g/mol. The van der Waals surface area contributed by atoms with Crippen molar-refractivity contribution in [1.82, 2.24) is 10.2 Å². The zero-order valence-electron chi connectivity index (χ0n) is 9.16. The van der Waals surface area contributed by atoms with Crippen LogP contribution in [0.2, 0.25) is 0 Å². The summed E-state index contributed by atoms with van der Waals surface area (Å²) < 4.78 is 0. The molecule has 1 aromatic carbocycles. The van der Waals surface area contributed by atoms with E-state index in [-0.39, 0.29) is 11.9 Å². The van der Waals surface area contributed by atoms with E-state index in [2.05, 4.69) is 11.4 Å². The molecule has 0 aliphatic carbocycles. The van der Waals surface area contributed by atoms with Gasteiger partial charge in [-0.15, -0.1) is 0 Å². The van der Waals surface area contributed by atoms with Gasteiger partial charge in [0, 0.05) is 20.1 Å². The maximum atomic E-state index is 11.9. The van der Waals surface area contributed by atoms with Gasteiger partial charge in [0.1, 0.15) is 6.04 Å². The number of aryl methyl sites for hydroxylation is 1. The van der Waals surface area contributed by atoms with Crippen LogP contribution in [-0.4, -0.2) is 30.9 Å². The van der Waals surface area contributed by atoms with Gasteiger partial charge in [-0.2, -0.15) is 0 Å². The van der Waals surface area contributed by atoms with Crippen molar-refractivity contribution in [3.63, 3.8) is 0 Å². The van der Waals surface area contributed by atoms with Crippen LogP contribution in [0.15, 0.2) is 24.3 Å². The first-order chi connectivity index (χ1) is 7.18. The number of nitrogens with zero attached hydrogens (tertiary/aromatic N) is 1.